The minimum absolute atomic E-state index is 0.116. The summed E-state index contributed by atoms with van der Waals surface area (Å²) >= 11 is 0. The summed E-state index contributed by atoms with van der Waals surface area (Å²) in [4.78, 5) is 23.5. The summed E-state index contributed by atoms with van der Waals surface area (Å²) in [6.45, 7) is 1.43. The summed E-state index contributed by atoms with van der Waals surface area (Å²) < 4.78 is 0. The van der Waals surface area contributed by atoms with Gasteiger partial charge in [-0.1, -0.05) is 12.1 Å². The number of anilines is 2. The van der Waals surface area contributed by atoms with Gasteiger partial charge < -0.3 is 10.6 Å². The van der Waals surface area contributed by atoms with Crippen LogP contribution in [0, 0.1) is 22.7 Å². The predicted molar refractivity (Wildman–Crippen MR) is 93.6 cm³/mol. The maximum atomic E-state index is 12.2. The highest BCUT2D eigenvalue weighted by Crippen LogP contribution is 2.13. The highest BCUT2D eigenvalue weighted by Gasteiger charge is 2.10. The van der Waals surface area contributed by atoms with Crippen molar-refractivity contribution in [2.75, 3.05) is 10.6 Å². The zero-order valence-corrected chi connectivity index (χ0v) is 13.4. The number of hydrogen-bond donors (Lipinski definition) is 2. The molecule has 25 heavy (non-hydrogen) atoms. The molecule has 0 unspecified atom stereocenters. The maximum absolute atomic E-state index is 12.2. The SMILES string of the molecule is CC(=O)c1cccc(NC(=O)/C(C#N)=C\Nc2ccc(C#N)cc2)c1. The summed E-state index contributed by atoms with van der Waals surface area (Å²) in [5, 5.41) is 23.3. The van der Waals surface area contributed by atoms with Gasteiger partial charge in [-0.05, 0) is 43.3 Å². The van der Waals surface area contributed by atoms with Crippen molar-refractivity contribution < 1.29 is 9.59 Å². The third-order valence-electron chi connectivity index (χ3n) is 3.29. The van der Waals surface area contributed by atoms with Gasteiger partial charge in [0.1, 0.15) is 11.6 Å². The van der Waals surface area contributed by atoms with Gasteiger partial charge in [-0.25, -0.2) is 0 Å². The summed E-state index contributed by atoms with van der Waals surface area (Å²) in [6.07, 6.45) is 1.28. The van der Waals surface area contributed by atoms with Crippen molar-refractivity contribution in [3.63, 3.8) is 0 Å². The molecule has 0 spiro atoms. The first-order valence-corrected chi connectivity index (χ1v) is 7.33. The lowest BCUT2D eigenvalue weighted by Crippen LogP contribution is -2.14. The minimum atomic E-state index is -0.593. The summed E-state index contributed by atoms with van der Waals surface area (Å²) in [6, 6.07) is 16.9. The van der Waals surface area contributed by atoms with Gasteiger partial charge in [0.15, 0.2) is 5.78 Å². The van der Waals surface area contributed by atoms with E-state index in [0.29, 0.717) is 22.5 Å². The Morgan fingerprint density at radius 1 is 1.04 bits per heavy atom. The van der Waals surface area contributed by atoms with Gasteiger partial charge in [0.05, 0.1) is 11.6 Å². The van der Waals surface area contributed by atoms with Crippen LogP contribution in [0.1, 0.15) is 22.8 Å². The number of amides is 1. The zero-order chi connectivity index (χ0) is 18.2. The molecule has 0 heterocycles. The molecule has 0 fully saturated rings. The summed E-state index contributed by atoms with van der Waals surface area (Å²) in [5.41, 5.74) is 1.92. The summed E-state index contributed by atoms with van der Waals surface area (Å²) in [5.74, 6) is -0.709. The van der Waals surface area contributed by atoms with Crippen LogP contribution in [-0.4, -0.2) is 11.7 Å². The molecule has 0 aliphatic rings. The van der Waals surface area contributed by atoms with Crippen LogP contribution >= 0.6 is 0 Å². The minimum Gasteiger partial charge on any atom is -0.360 e. The Kier molecular flexibility index (Phi) is 5.65. The molecule has 0 aliphatic carbocycles. The van der Waals surface area contributed by atoms with Gasteiger partial charge >= 0.3 is 0 Å². The molecule has 0 aromatic heterocycles. The Labute approximate surface area is 145 Å². The fourth-order valence-electron chi connectivity index (χ4n) is 1.96. The van der Waals surface area contributed by atoms with Crippen LogP contribution in [0.5, 0.6) is 0 Å². The van der Waals surface area contributed by atoms with Crippen molar-refractivity contribution in [3.8, 4) is 12.1 Å². The lowest BCUT2D eigenvalue weighted by Gasteiger charge is -2.06. The van der Waals surface area contributed by atoms with Crippen molar-refractivity contribution >= 4 is 23.1 Å². The fourth-order valence-corrected chi connectivity index (χ4v) is 1.96. The quantitative estimate of drug-likeness (QED) is 0.497. The van der Waals surface area contributed by atoms with Gasteiger partial charge in [0.2, 0.25) is 0 Å². The Bertz CT molecular complexity index is 916. The number of carbonyl (C=O) groups excluding carboxylic acids is 2. The molecule has 0 atom stereocenters. The standard InChI is InChI=1S/C19H14N4O2/c1-13(24)15-3-2-4-18(9-15)23-19(25)16(11-21)12-22-17-7-5-14(10-20)6-8-17/h2-9,12,22H,1H3,(H,23,25)/b16-12-. The second-order valence-corrected chi connectivity index (χ2v) is 5.09. The number of ketones is 1. The highest BCUT2D eigenvalue weighted by molar-refractivity contribution is 6.07. The number of nitriles is 2. The van der Waals surface area contributed by atoms with Gasteiger partial charge in [-0.2, -0.15) is 10.5 Å². The van der Waals surface area contributed by atoms with Gasteiger partial charge in [-0.15, -0.1) is 0 Å². The van der Waals surface area contributed by atoms with E-state index in [2.05, 4.69) is 10.6 Å². The fraction of sp³-hybridized carbons (Fsp3) is 0.0526. The monoisotopic (exact) mass is 330 g/mol. The predicted octanol–water partition coefficient (Wildman–Crippen LogP) is 3.22. The Morgan fingerprint density at radius 2 is 1.76 bits per heavy atom. The van der Waals surface area contributed by atoms with Crippen LogP contribution in [0.3, 0.4) is 0 Å². The Balaban J connectivity index is 2.10. The molecule has 1 amide bonds. The second kappa shape index (κ2) is 8.09. The van der Waals surface area contributed by atoms with Crippen molar-refractivity contribution in [2.24, 2.45) is 0 Å². The van der Waals surface area contributed by atoms with Crippen molar-refractivity contribution in [3.05, 3.63) is 71.4 Å². The third kappa shape index (κ3) is 4.78. The number of benzene rings is 2. The molecule has 0 aliphatic heterocycles. The van der Waals surface area contributed by atoms with Gasteiger partial charge in [0, 0.05) is 23.1 Å². The molecule has 2 rings (SSSR count). The van der Waals surface area contributed by atoms with Crippen LogP contribution in [-0.2, 0) is 4.79 Å². The first kappa shape index (κ1) is 17.5. The lowest BCUT2D eigenvalue weighted by molar-refractivity contribution is -0.112. The van der Waals surface area contributed by atoms with E-state index in [1.54, 1.807) is 48.5 Å². The van der Waals surface area contributed by atoms with E-state index >= 15 is 0 Å². The molecule has 0 bridgehead atoms. The molecule has 0 radical (unpaired) electrons. The van der Waals surface area contributed by atoms with Crippen molar-refractivity contribution in [1.82, 2.24) is 0 Å². The van der Waals surface area contributed by atoms with Crippen LogP contribution in [0.4, 0.5) is 11.4 Å². The summed E-state index contributed by atoms with van der Waals surface area (Å²) in [7, 11) is 0. The first-order chi connectivity index (χ1) is 12.0. The molecule has 122 valence electrons. The smallest absolute Gasteiger partial charge is 0.267 e. The molecular formula is C19H14N4O2. The lowest BCUT2D eigenvalue weighted by atomic mass is 10.1. The Morgan fingerprint density at radius 3 is 2.36 bits per heavy atom. The molecular weight excluding hydrogens is 316 g/mol. The molecule has 0 saturated heterocycles. The number of carbonyl (C=O) groups is 2. The maximum Gasteiger partial charge on any atom is 0.267 e. The molecule has 6 heteroatoms. The van der Waals surface area contributed by atoms with E-state index in [-0.39, 0.29) is 11.4 Å². The van der Waals surface area contributed by atoms with Crippen molar-refractivity contribution in [1.29, 1.82) is 10.5 Å². The van der Waals surface area contributed by atoms with E-state index in [0.717, 1.165) is 0 Å². The van der Waals surface area contributed by atoms with E-state index in [1.165, 1.54) is 13.1 Å². The molecule has 6 nitrogen and oxygen atoms in total. The normalized spacial score (nSPS) is 10.3. The van der Waals surface area contributed by atoms with Crippen LogP contribution < -0.4 is 10.6 Å². The number of rotatable bonds is 5. The van der Waals surface area contributed by atoms with E-state index in [1.807, 2.05) is 12.1 Å². The third-order valence-corrected chi connectivity index (χ3v) is 3.29. The van der Waals surface area contributed by atoms with E-state index in [4.69, 9.17) is 10.5 Å². The first-order valence-electron chi connectivity index (χ1n) is 7.33. The second-order valence-electron chi connectivity index (χ2n) is 5.09. The number of nitrogens with zero attached hydrogens (tertiary/aromatic N) is 2. The number of nitrogens with one attached hydrogen (secondary N) is 2. The van der Waals surface area contributed by atoms with Gasteiger partial charge in [0.25, 0.3) is 5.91 Å². The van der Waals surface area contributed by atoms with Gasteiger partial charge in [-0.3, -0.25) is 9.59 Å². The highest BCUT2D eigenvalue weighted by atomic mass is 16.1. The largest absolute Gasteiger partial charge is 0.360 e. The molecule has 2 aromatic carbocycles. The van der Waals surface area contributed by atoms with Crippen LogP contribution in [0.15, 0.2) is 60.3 Å². The molecule has 0 saturated carbocycles. The number of Topliss-reactive ketones (excluding diaryl/α,β-unsaturated/α-hetero) is 1. The average Bonchev–Trinajstić information content (AvgIpc) is 2.63. The van der Waals surface area contributed by atoms with Crippen LogP contribution in [0.25, 0.3) is 0 Å². The zero-order valence-electron chi connectivity index (χ0n) is 13.4. The Hall–Kier alpha value is -3.90. The molecule has 2 aromatic rings. The van der Waals surface area contributed by atoms with Crippen molar-refractivity contribution in [2.45, 2.75) is 6.92 Å². The van der Waals surface area contributed by atoms with E-state index < -0.39 is 5.91 Å². The van der Waals surface area contributed by atoms with E-state index in [9.17, 15) is 9.59 Å². The number of hydrogen-bond acceptors (Lipinski definition) is 5. The van der Waals surface area contributed by atoms with Crippen LogP contribution in [0.2, 0.25) is 0 Å². The average molecular weight is 330 g/mol. The molecule has 2 N–H and O–H groups in total. The topological polar surface area (TPSA) is 106 Å².